The number of likely N-dealkylation sites (N-methyl/N-ethyl adjacent to an activating group) is 1. The van der Waals surface area contributed by atoms with Gasteiger partial charge in [-0.2, -0.15) is 0 Å². The molecule has 0 heterocycles. The van der Waals surface area contributed by atoms with Gasteiger partial charge in [0.25, 0.3) is 0 Å². The van der Waals surface area contributed by atoms with Crippen molar-refractivity contribution in [1.29, 1.82) is 0 Å². The van der Waals surface area contributed by atoms with Gasteiger partial charge in [-0.1, -0.05) is 41.9 Å². The van der Waals surface area contributed by atoms with E-state index in [1.165, 1.54) is 12.0 Å². The summed E-state index contributed by atoms with van der Waals surface area (Å²) in [5, 5.41) is 6.37. The van der Waals surface area contributed by atoms with Crippen molar-refractivity contribution in [3.05, 3.63) is 59.1 Å². The van der Waals surface area contributed by atoms with Crippen LogP contribution in [0.4, 0.5) is 5.69 Å². The summed E-state index contributed by atoms with van der Waals surface area (Å²) in [6.07, 6.45) is 0. The first-order valence-electron chi connectivity index (χ1n) is 8.56. The van der Waals surface area contributed by atoms with Crippen molar-refractivity contribution in [3.8, 4) is 5.75 Å². The first-order chi connectivity index (χ1) is 12.9. The van der Waals surface area contributed by atoms with Crippen molar-refractivity contribution >= 4 is 29.1 Å². The second-order valence-corrected chi connectivity index (χ2v) is 6.59. The molecule has 0 unspecified atom stereocenters. The number of nitrogens with one attached hydrogen (secondary N) is 2. The molecule has 144 valence electrons. The standard InChI is InChI=1S/C20H24ClN3O3/c1-14(15-7-5-4-6-8-15)22-12-20(26)24(2)13-19(25)23-17-11-16(21)9-10-18(17)27-3/h4-11,14,22H,12-13H2,1-3H3,(H,23,25)/t14-/m1/s1. The van der Waals surface area contributed by atoms with Crippen molar-refractivity contribution in [3.63, 3.8) is 0 Å². The van der Waals surface area contributed by atoms with Gasteiger partial charge in [0.05, 0.1) is 25.9 Å². The van der Waals surface area contributed by atoms with Crippen LogP contribution in [0, 0.1) is 0 Å². The van der Waals surface area contributed by atoms with Gasteiger partial charge in [-0.25, -0.2) is 0 Å². The number of amides is 2. The van der Waals surface area contributed by atoms with Crippen LogP contribution in [0.25, 0.3) is 0 Å². The Labute approximate surface area is 164 Å². The fraction of sp³-hybridized carbons (Fsp3) is 0.300. The average molecular weight is 390 g/mol. The highest BCUT2D eigenvalue weighted by Gasteiger charge is 2.15. The number of anilines is 1. The van der Waals surface area contributed by atoms with Crippen molar-refractivity contribution in [2.75, 3.05) is 32.6 Å². The minimum Gasteiger partial charge on any atom is -0.495 e. The first kappa shape index (κ1) is 20.7. The number of ether oxygens (including phenoxy) is 1. The molecule has 2 amide bonds. The molecule has 7 heteroatoms. The number of carbonyl (C=O) groups is 2. The lowest BCUT2D eigenvalue weighted by Gasteiger charge is -2.20. The van der Waals surface area contributed by atoms with E-state index < -0.39 is 0 Å². The maximum atomic E-state index is 12.3. The Balaban J connectivity index is 1.85. The molecule has 0 bridgehead atoms. The molecule has 6 nitrogen and oxygen atoms in total. The van der Waals surface area contributed by atoms with Crippen molar-refractivity contribution in [1.82, 2.24) is 10.2 Å². The Morgan fingerprint density at radius 3 is 2.56 bits per heavy atom. The van der Waals surface area contributed by atoms with E-state index in [4.69, 9.17) is 16.3 Å². The maximum absolute atomic E-state index is 12.3. The molecule has 2 aromatic carbocycles. The van der Waals surface area contributed by atoms with E-state index in [0.29, 0.717) is 16.5 Å². The van der Waals surface area contributed by atoms with E-state index >= 15 is 0 Å². The molecule has 1 atom stereocenters. The highest BCUT2D eigenvalue weighted by molar-refractivity contribution is 6.31. The summed E-state index contributed by atoms with van der Waals surface area (Å²) in [5.74, 6) is -0.00593. The van der Waals surface area contributed by atoms with Crippen LogP contribution in [0.5, 0.6) is 5.75 Å². The predicted molar refractivity (Wildman–Crippen MR) is 107 cm³/mol. The molecular formula is C20H24ClN3O3. The second kappa shape index (κ2) is 9.94. The maximum Gasteiger partial charge on any atom is 0.244 e. The molecule has 0 aliphatic carbocycles. The van der Waals surface area contributed by atoms with Crippen molar-refractivity contribution in [2.45, 2.75) is 13.0 Å². The lowest BCUT2D eigenvalue weighted by Crippen LogP contribution is -2.40. The molecule has 2 rings (SSSR count). The molecule has 27 heavy (non-hydrogen) atoms. The fourth-order valence-corrected chi connectivity index (χ4v) is 2.68. The molecular weight excluding hydrogens is 366 g/mol. The molecule has 0 fully saturated rings. The average Bonchev–Trinajstić information content (AvgIpc) is 2.66. The van der Waals surface area contributed by atoms with Crippen LogP contribution in [0.15, 0.2) is 48.5 Å². The van der Waals surface area contributed by atoms with Gasteiger partial charge < -0.3 is 20.3 Å². The number of rotatable bonds is 8. The number of halogens is 1. The molecule has 0 saturated heterocycles. The van der Waals surface area contributed by atoms with E-state index in [-0.39, 0.29) is 30.9 Å². The van der Waals surface area contributed by atoms with E-state index in [0.717, 1.165) is 5.56 Å². The van der Waals surface area contributed by atoms with Gasteiger partial charge in [-0.15, -0.1) is 0 Å². The van der Waals surface area contributed by atoms with Gasteiger partial charge in [0, 0.05) is 18.1 Å². The van der Waals surface area contributed by atoms with Gasteiger partial charge in [-0.05, 0) is 30.7 Å². The Morgan fingerprint density at radius 1 is 1.19 bits per heavy atom. The minimum absolute atomic E-state index is 0.0353. The van der Waals surface area contributed by atoms with Gasteiger partial charge in [-0.3, -0.25) is 9.59 Å². The van der Waals surface area contributed by atoms with Gasteiger partial charge in [0.1, 0.15) is 5.75 Å². The Kier molecular flexibility index (Phi) is 7.64. The predicted octanol–water partition coefficient (Wildman–Crippen LogP) is 3.10. The van der Waals surface area contributed by atoms with Crippen LogP contribution in [-0.2, 0) is 9.59 Å². The highest BCUT2D eigenvalue weighted by Crippen LogP contribution is 2.27. The SMILES string of the molecule is COc1ccc(Cl)cc1NC(=O)CN(C)C(=O)CN[C@H](C)c1ccccc1. The lowest BCUT2D eigenvalue weighted by molar-refractivity contribution is -0.132. The highest BCUT2D eigenvalue weighted by atomic mass is 35.5. The second-order valence-electron chi connectivity index (χ2n) is 6.16. The van der Waals surface area contributed by atoms with Crippen molar-refractivity contribution < 1.29 is 14.3 Å². The number of methoxy groups -OCH3 is 1. The summed E-state index contributed by atoms with van der Waals surface area (Å²) in [4.78, 5) is 25.9. The van der Waals surface area contributed by atoms with E-state index in [1.54, 1.807) is 25.2 Å². The third-order valence-electron chi connectivity index (χ3n) is 4.10. The summed E-state index contributed by atoms with van der Waals surface area (Å²) in [7, 11) is 3.10. The van der Waals surface area contributed by atoms with Gasteiger partial charge >= 0.3 is 0 Å². The number of carbonyl (C=O) groups excluding carboxylic acids is 2. The Morgan fingerprint density at radius 2 is 1.89 bits per heavy atom. The third kappa shape index (κ3) is 6.27. The number of benzene rings is 2. The summed E-state index contributed by atoms with van der Waals surface area (Å²) < 4.78 is 5.20. The molecule has 0 spiro atoms. The summed E-state index contributed by atoms with van der Waals surface area (Å²) >= 11 is 5.96. The first-order valence-corrected chi connectivity index (χ1v) is 8.94. The Bertz CT molecular complexity index is 783. The number of hydrogen-bond donors (Lipinski definition) is 2. The van der Waals surface area contributed by atoms with Crippen LogP contribution in [0.3, 0.4) is 0 Å². The largest absolute Gasteiger partial charge is 0.495 e. The summed E-state index contributed by atoms with van der Waals surface area (Å²) in [5.41, 5.74) is 1.56. The Hall–Kier alpha value is -2.57. The monoisotopic (exact) mass is 389 g/mol. The lowest BCUT2D eigenvalue weighted by atomic mass is 10.1. The van der Waals surface area contributed by atoms with Crippen LogP contribution in [0.1, 0.15) is 18.5 Å². The number of nitrogens with zero attached hydrogens (tertiary/aromatic N) is 1. The quantitative estimate of drug-likeness (QED) is 0.727. The van der Waals surface area contributed by atoms with Gasteiger partial charge in [0.15, 0.2) is 0 Å². The minimum atomic E-state index is -0.331. The van der Waals surface area contributed by atoms with Gasteiger partial charge in [0.2, 0.25) is 11.8 Å². The number of hydrogen-bond acceptors (Lipinski definition) is 4. The molecule has 0 aliphatic heterocycles. The summed E-state index contributed by atoms with van der Waals surface area (Å²) in [6.45, 7) is 2.05. The van der Waals surface area contributed by atoms with E-state index in [2.05, 4.69) is 10.6 Å². The zero-order chi connectivity index (χ0) is 19.8. The van der Waals surface area contributed by atoms with Crippen LogP contribution in [-0.4, -0.2) is 44.0 Å². The molecule has 2 N–H and O–H groups in total. The molecule has 0 saturated carbocycles. The normalized spacial score (nSPS) is 11.6. The van der Waals surface area contributed by atoms with Crippen LogP contribution in [0.2, 0.25) is 5.02 Å². The van der Waals surface area contributed by atoms with Crippen LogP contribution < -0.4 is 15.4 Å². The van der Waals surface area contributed by atoms with E-state index in [1.807, 2.05) is 37.3 Å². The zero-order valence-electron chi connectivity index (χ0n) is 15.7. The fourth-order valence-electron chi connectivity index (χ4n) is 2.51. The summed E-state index contributed by atoms with van der Waals surface area (Å²) in [6, 6.07) is 14.8. The molecule has 0 aromatic heterocycles. The zero-order valence-corrected chi connectivity index (χ0v) is 16.4. The topological polar surface area (TPSA) is 70.7 Å². The third-order valence-corrected chi connectivity index (χ3v) is 4.34. The van der Waals surface area contributed by atoms with E-state index in [9.17, 15) is 9.59 Å². The molecule has 0 radical (unpaired) electrons. The van der Waals surface area contributed by atoms with Crippen molar-refractivity contribution in [2.24, 2.45) is 0 Å². The van der Waals surface area contributed by atoms with Crippen LogP contribution >= 0.6 is 11.6 Å². The molecule has 2 aromatic rings. The molecule has 0 aliphatic rings. The smallest absolute Gasteiger partial charge is 0.244 e.